The van der Waals surface area contributed by atoms with E-state index in [-0.39, 0.29) is 45.6 Å². The lowest BCUT2D eigenvalue weighted by Crippen LogP contribution is -2.20. The average Bonchev–Trinajstić information content (AvgIpc) is 3.44. The molecule has 38 heavy (non-hydrogen) atoms. The van der Waals surface area contributed by atoms with Gasteiger partial charge in [0.2, 0.25) is 0 Å². The molecule has 0 saturated heterocycles. The fraction of sp³-hybridized carbons (Fsp3) is 0.333. The number of carbonyl (C=O) groups is 1. The van der Waals surface area contributed by atoms with Gasteiger partial charge in [-0.3, -0.25) is 4.79 Å². The van der Waals surface area contributed by atoms with Gasteiger partial charge < -0.3 is 33.5 Å². The Morgan fingerprint density at radius 3 is 2.47 bits per heavy atom. The number of nitrogens with zero attached hydrogens (tertiary/aromatic N) is 1. The van der Waals surface area contributed by atoms with Gasteiger partial charge in [0.15, 0.2) is 17.4 Å². The molecule has 1 heterocycles. The lowest BCUT2D eigenvalue weighted by atomic mass is 10.0. The van der Waals surface area contributed by atoms with Crippen LogP contribution in [0.3, 0.4) is 0 Å². The minimum absolute atomic E-state index is 0.0348. The molecule has 0 fully saturated rings. The van der Waals surface area contributed by atoms with Gasteiger partial charge in [-0.15, -0.1) is 6.58 Å². The summed E-state index contributed by atoms with van der Waals surface area (Å²) < 4.78 is 59.7. The van der Waals surface area contributed by atoms with Crippen LogP contribution in [0.1, 0.15) is 12.0 Å². The molecule has 0 spiro atoms. The molecular formula is C27H30F2N2O7. The van der Waals surface area contributed by atoms with Crippen LogP contribution in [0.5, 0.6) is 11.5 Å². The molecule has 0 radical (unpaired) electrons. The van der Waals surface area contributed by atoms with Gasteiger partial charge in [0.05, 0.1) is 25.8 Å². The summed E-state index contributed by atoms with van der Waals surface area (Å²) in [7, 11) is 0. The summed E-state index contributed by atoms with van der Waals surface area (Å²) in [5.74, 6) is -1.93. The first kappa shape index (κ1) is 28.8. The van der Waals surface area contributed by atoms with E-state index in [1.807, 2.05) is 0 Å². The van der Waals surface area contributed by atoms with E-state index in [2.05, 4.69) is 17.1 Å². The minimum atomic E-state index is -0.821. The maximum Gasteiger partial charge on any atom is 0.307 e. The maximum absolute atomic E-state index is 14.5. The summed E-state index contributed by atoms with van der Waals surface area (Å²) in [6.45, 7) is 5.24. The van der Waals surface area contributed by atoms with Crippen LogP contribution < -0.4 is 14.8 Å². The molecule has 0 aliphatic heterocycles. The third-order valence-corrected chi connectivity index (χ3v) is 5.00. The minimum Gasteiger partial charge on any atom is -0.490 e. The largest absolute Gasteiger partial charge is 0.490 e. The van der Waals surface area contributed by atoms with Gasteiger partial charge in [-0.2, -0.15) is 0 Å². The average molecular weight is 533 g/mol. The summed E-state index contributed by atoms with van der Waals surface area (Å²) in [5, 5.41) is 6.68. The number of halogens is 2. The van der Waals surface area contributed by atoms with Crippen LogP contribution in [0, 0.1) is 11.6 Å². The van der Waals surface area contributed by atoms with Gasteiger partial charge in [0, 0.05) is 18.7 Å². The lowest BCUT2D eigenvalue weighted by Gasteiger charge is -2.11. The molecule has 1 N–H and O–H groups in total. The second-order valence-corrected chi connectivity index (χ2v) is 7.86. The molecule has 0 aliphatic rings. The van der Waals surface area contributed by atoms with Crippen LogP contribution in [-0.2, 0) is 25.5 Å². The quantitative estimate of drug-likeness (QED) is 0.111. The van der Waals surface area contributed by atoms with Crippen LogP contribution in [-0.4, -0.2) is 57.5 Å². The van der Waals surface area contributed by atoms with Gasteiger partial charge in [0.25, 0.3) is 0 Å². The Bertz CT molecular complexity index is 1100. The van der Waals surface area contributed by atoms with E-state index in [0.29, 0.717) is 36.6 Å². The highest BCUT2D eigenvalue weighted by atomic mass is 19.1. The van der Waals surface area contributed by atoms with E-state index in [4.69, 9.17) is 28.2 Å². The normalized spacial score (nSPS) is 10.8. The first-order valence-electron chi connectivity index (χ1n) is 11.9. The fourth-order valence-corrected chi connectivity index (χ4v) is 3.18. The van der Waals surface area contributed by atoms with Gasteiger partial charge in [-0.05, 0) is 35.4 Å². The third-order valence-electron chi connectivity index (χ3n) is 5.00. The second kappa shape index (κ2) is 16.1. The number of hydrogen-bond donors (Lipinski definition) is 1. The number of aromatic nitrogens is 1. The van der Waals surface area contributed by atoms with Gasteiger partial charge in [-0.1, -0.05) is 23.4 Å². The lowest BCUT2D eigenvalue weighted by molar-refractivity contribution is -0.144. The Morgan fingerprint density at radius 2 is 1.76 bits per heavy atom. The fourth-order valence-electron chi connectivity index (χ4n) is 3.18. The summed E-state index contributed by atoms with van der Waals surface area (Å²) in [5.41, 5.74) is 1.83. The molecular weight excluding hydrogens is 502 g/mol. The third kappa shape index (κ3) is 9.92. The first-order valence-corrected chi connectivity index (χ1v) is 11.9. The Balaban J connectivity index is 1.36. The summed E-state index contributed by atoms with van der Waals surface area (Å²) in [4.78, 5) is 11.8. The number of benzene rings is 2. The Morgan fingerprint density at radius 1 is 1.00 bits per heavy atom. The van der Waals surface area contributed by atoms with Crippen molar-refractivity contribution < 1.29 is 41.8 Å². The van der Waals surface area contributed by atoms with Crippen molar-refractivity contribution in [1.82, 2.24) is 10.5 Å². The van der Waals surface area contributed by atoms with E-state index in [1.165, 1.54) is 18.4 Å². The van der Waals surface area contributed by atoms with Gasteiger partial charge >= 0.3 is 5.97 Å². The molecule has 3 rings (SSSR count). The molecule has 204 valence electrons. The molecule has 0 amide bonds. The molecule has 1 aromatic heterocycles. The zero-order chi connectivity index (χ0) is 27.0. The predicted molar refractivity (Wildman–Crippen MR) is 134 cm³/mol. The number of rotatable bonds is 18. The Labute approximate surface area is 219 Å². The maximum atomic E-state index is 14.5. The molecule has 0 atom stereocenters. The zero-order valence-electron chi connectivity index (χ0n) is 20.8. The highest BCUT2D eigenvalue weighted by Gasteiger charge is 2.14. The molecule has 3 aromatic rings. The number of carbonyl (C=O) groups excluding carboxylic acids is 1. The number of hydrogen-bond acceptors (Lipinski definition) is 9. The van der Waals surface area contributed by atoms with E-state index < -0.39 is 17.4 Å². The smallest absolute Gasteiger partial charge is 0.307 e. The van der Waals surface area contributed by atoms with Gasteiger partial charge in [-0.25, -0.2) is 8.78 Å². The Hall–Kier alpha value is -3.80. The van der Waals surface area contributed by atoms with E-state index in [1.54, 1.807) is 36.5 Å². The number of nitrogens with one attached hydrogen (secondary N) is 1. The summed E-state index contributed by atoms with van der Waals surface area (Å²) in [6.07, 6.45) is 4.92. The SMILES string of the molecule is C=CCOCOCCOc1c(F)cc(-c2ccc(OCCOC(=O)CCNCc3cnoc3)cc2)cc1F. The first-order chi connectivity index (χ1) is 18.6. The van der Waals surface area contributed by atoms with Crippen molar-refractivity contribution >= 4 is 5.97 Å². The molecule has 0 unspecified atom stereocenters. The molecule has 0 bridgehead atoms. The van der Waals surface area contributed by atoms with Crippen molar-refractivity contribution in [3.8, 4) is 22.6 Å². The highest BCUT2D eigenvalue weighted by molar-refractivity contribution is 5.69. The van der Waals surface area contributed by atoms with Crippen molar-refractivity contribution in [3.63, 3.8) is 0 Å². The summed E-state index contributed by atoms with van der Waals surface area (Å²) >= 11 is 0. The topological polar surface area (TPSA) is 101 Å². The molecule has 0 saturated carbocycles. The van der Waals surface area contributed by atoms with Crippen molar-refractivity contribution in [3.05, 3.63) is 78.7 Å². The van der Waals surface area contributed by atoms with E-state index in [9.17, 15) is 13.6 Å². The van der Waals surface area contributed by atoms with Crippen LogP contribution >= 0.6 is 0 Å². The monoisotopic (exact) mass is 532 g/mol. The van der Waals surface area contributed by atoms with Crippen LogP contribution in [0.2, 0.25) is 0 Å². The van der Waals surface area contributed by atoms with Crippen LogP contribution in [0.4, 0.5) is 8.78 Å². The molecule has 9 nitrogen and oxygen atoms in total. The van der Waals surface area contributed by atoms with E-state index in [0.717, 1.165) is 5.56 Å². The predicted octanol–water partition coefficient (Wildman–Crippen LogP) is 4.28. The Kier molecular flexibility index (Phi) is 12.2. The summed E-state index contributed by atoms with van der Waals surface area (Å²) in [6, 6.07) is 9.07. The molecule has 0 aliphatic carbocycles. The van der Waals surface area contributed by atoms with Crippen LogP contribution in [0.25, 0.3) is 11.1 Å². The number of ether oxygens (including phenoxy) is 5. The van der Waals surface area contributed by atoms with Gasteiger partial charge in [0.1, 0.15) is 38.6 Å². The zero-order valence-corrected chi connectivity index (χ0v) is 20.8. The second-order valence-electron chi connectivity index (χ2n) is 7.86. The molecule has 2 aromatic carbocycles. The van der Waals surface area contributed by atoms with Crippen molar-refractivity contribution in [2.24, 2.45) is 0 Å². The van der Waals surface area contributed by atoms with Crippen molar-refractivity contribution in [2.75, 3.05) is 46.4 Å². The van der Waals surface area contributed by atoms with Crippen molar-refractivity contribution in [1.29, 1.82) is 0 Å². The van der Waals surface area contributed by atoms with Crippen LogP contribution in [0.15, 0.2) is 66.0 Å². The highest BCUT2D eigenvalue weighted by Crippen LogP contribution is 2.30. The standard InChI is InChI=1S/C27H30F2N2O7/c1-2-9-33-19-34-10-11-37-27-24(28)14-22(15-25(27)29)21-3-5-23(6-4-21)35-12-13-36-26(32)7-8-30-16-20-17-31-38-18-20/h2-6,14-15,17-18,30H,1,7-13,16,19H2. The van der Waals surface area contributed by atoms with E-state index >= 15 is 0 Å². The molecule has 11 heteroatoms. The van der Waals surface area contributed by atoms with Crippen molar-refractivity contribution in [2.45, 2.75) is 13.0 Å². The number of esters is 1.